The van der Waals surface area contributed by atoms with Crippen molar-refractivity contribution < 1.29 is 24.2 Å². The van der Waals surface area contributed by atoms with Crippen LogP contribution in [0.15, 0.2) is 0 Å². The average Bonchev–Trinajstić information content (AvgIpc) is 2.35. The summed E-state index contributed by atoms with van der Waals surface area (Å²) in [6, 6.07) is -1.15. The van der Waals surface area contributed by atoms with E-state index in [-0.39, 0.29) is 24.8 Å². The van der Waals surface area contributed by atoms with E-state index in [2.05, 4.69) is 10.9 Å². The fourth-order valence-electron chi connectivity index (χ4n) is 2.55. The number of carboxylic acids is 1. The van der Waals surface area contributed by atoms with Gasteiger partial charge in [-0.2, -0.15) is 0 Å². The van der Waals surface area contributed by atoms with Crippen molar-refractivity contribution in [1.82, 2.24) is 10.9 Å². The molecule has 0 bridgehead atoms. The molecule has 3 atom stereocenters. The van der Waals surface area contributed by atoms with Crippen molar-refractivity contribution in [3.63, 3.8) is 0 Å². The molecule has 1 aliphatic carbocycles. The zero-order valence-corrected chi connectivity index (χ0v) is 13.4. The third-order valence-corrected chi connectivity index (χ3v) is 3.86. The lowest BCUT2D eigenvalue weighted by molar-refractivity contribution is -0.181. The topological polar surface area (TPSA) is 131 Å². The largest absolute Gasteiger partial charge is 0.480 e. The molecule has 2 amide bonds. The zero-order chi connectivity index (χ0) is 17.1. The number of hydrogen-bond acceptors (Lipinski definition) is 5. The van der Waals surface area contributed by atoms with Gasteiger partial charge in [0.05, 0.1) is 0 Å². The average molecular weight is 315 g/mol. The van der Waals surface area contributed by atoms with E-state index in [9.17, 15) is 19.5 Å². The molecule has 0 spiro atoms. The number of primary amides is 1. The molecule has 1 saturated carbocycles. The monoisotopic (exact) mass is 315 g/mol. The Hall–Kier alpha value is -1.83. The van der Waals surface area contributed by atoms with E-state index >= 15 is 0 Å². The van der Waals surface area contributed by atoms with Crippen LogP contribution in [-0.2, 0) is 14.3 Å². The van der Waals surface area contributed by atoms with Crippen LogP contribution in [0.2, 0.25) is 0 Å². The van der Waals surface area contributed by atoms with Gasteiger partial charge < -0.3 is 15.6 Å². The summed E-state index contributed by atoms with van der Waals surface area (Å²) in [6.45, 7) is 6.99. The highest BCUT2D eigenvalue weighted by molar-refractivity contribution is 5.99. The van der Waals surface area contributed by atoms with Crippen LogP contribution in [0.1, 0.15) is 47.0 Å². The van der Waals surface area contributed by atoms with Gasteiger partial charge in [-0.15, -0.1) is 0 Å². The minimum atomic E-state index is -1.61. The van der Waals surface area contributed by atoms with Crippen molar-refractivity contribution in [3.05, 3.63) is 0 Å². The molecule has 0 aromatic carbocycles. The second-order valence-electron chi connectivity index (χ2n) is 6.85. The van der Waals surface area contributed by atoms with Gasteiger partial charge >= 0.3 is 18.0 Å². The minimum absolute atomic E-state index is 0.0265. The maximum absolute atomic E-state index is 12.4. The van der Waals surface area contributed by atoms with Crippen LogP contribution in [0.25, 0.3) is 0 Å². The number of esters is 1. The van der Waals surface area contributed by atoms with E-state index in [4.69, 9.17) is 10.5 Å². The van der Waals surface area contributed by atoms with Crippen LogP contribution in [0.5, 0.6) is 0 Å². The second-order valence-corrected chi connectivity index (χ2v) is 6.85. The Balaban J connectivity index is 2.96. The van der Waals surface area contributed by atoms with Crippen LogP contribution in [0.4, 0.5) is 4.79 Å². The first-order valence-corrected chi connectivity index (χ1v) is 7.26. The van der Waals surface area contributed by atoms with Gasteiger partial charge in [0.25, 0.3) is 0 Å². The predicted molar refractivity (Wildman–Crippen MR) is 78.6 cm³/mol. The summed E-state index contributed by atoms with van der Waals surface area (Å²) in [4.78, 5) is 35.0. The summed E-state index contributed by atoms with van der Waals surface area (Å²) in [5, 5.41) is 9.60. The van der Waals surface area contributed by atoms with Gasteiger partial charge in [-0.3, -0.25) is 15.0 Å². The number of urea groups is 1. The Morgan fingerprint density at radius 2 is 1.91 bits per heavy atom. The molecule has 0 saturated heterocycles. The molecule has 0 aromatic rings. The highest BCUT2D eigenvalue weighted by Crippen LogP contribution is 2.41. The number of nitrogens with two attached hydrogens (primary N) is 1. The number of amides is 2. The van der Waals surface area contributed by atoms with Gasteiger partial charge in [-0.25, -0.2) is 10.2 Å². The van der Waals surface area contributed by atoms with Gasteiger partial charge in [0.15, 0.2) is 5.41 Å². The Kier molecular flexibility index (Phi) is 5.39. The summed E-state index contributed by atoms with van der Waals surface area (Å²) >= 11 is 0. The molecule has 8 nitrogen and oxygen atoms in total. The smallest absolute Gasteiger partial charge is 0.326 e. The molecular formula is C14H25N3O5. The number of ether oxygens (including phenoxy) is 1. The summed E-state index contributed by atoms with van der Waals surface area (Å²) in [6.07, 6.45) is 0.746. The van der Waals surface area contributed by atoms with Crippen molar-refractivity contribution in [2.45, 2.75) is 58.6 Å². The van der Waals surface area contributed by atoms with E-state index in [0.717, 1.165) is 0 Å². The molecular weight excluding hydrogens is 290 g/mol. The summed E-state index contributed by atoms with van der Waals surface area (Å²) < 4.78 is 5.29. The SMILES string of the molecule is CC1CC[C@](C(=O)O)(C(=O)OC(C)(C)C)C[C@@H]1NNC(N)=O. The van der Waals surface area contributed by atoms with E-state index in [1.165, 1.54) is 0 Å². The van der Waals surface area contributed by atoms with E-state index in [1.807, 2.05) is 6.92 Å². The molecule has 1 rings (SSSR count). The molecule has 126 valence electrons. The lowest BCUT2D eigenvalue weighted by atomic mass is 9.68. The van der Waals surface area contributed by atoms with Crippen LogP contribution in [0, 0.1) is 11.3 Å². The summed E-state index contributed by atoms with van der Waals surface area (Å²) in [7, 11) is 0. The normalized spacial score (nSPS) is 28.7. The van der Waals surface area contributed by atoms with Crippen molar-refractivity contribution in [1.29, 1.82) is 0 Å². The lowest BCUT2D eigenvalue weighted by Gasteiger charge is -2.40. The molecule has 0 radical (unpaired) electrons. The molecule has 1 unspecified atom stereocenters. The van der Waals surface area contributed by atoms with E-state index in [1.54, 1.807) is 20.8 Å². The quantitative estimate of drug-likeness (QED) is 0.344. The van der Waals surface area contributed by atoms with Gasteiger partial charge in [0, 0.05) is 6.04 Å². The number of carboxylic acid groups (broad SMARTS) is 1. The molecule has 8 heteroatoms. The molecule has 1 fully saturated rings. The standard InChI is InChI=1S/C14H25N3O5/c1-8-5-6-14(10(18)19,11(20)22-13(2,3)4)7-9(8)16-17-12(15)21/h8-9,16H,5-7H2,1-4H3,(H,18,19)(H3,15,17,21)/t8?,9-,14-/m0/s1. The van der Waals surface area contributed by atoms with Gasteiger partial charge in [-0.1, -0.05) is 6.92 Å². The second kappa shape index (κ2) is 6.51. The number of carbonyl (C=O) groups excluding carboxylic acids is 2. The summed E-state index contributed by atoms with van der Waals surface area (Å²) in [5.41, 5.74) is 7.58. The highest BCUT2D eigenvalue weighted by atomic mass is 16.6. The van der Waals surface area contributed by atoms with E-state index in [0.29, 0.717) is 6.42 Å². The molecule has 22 heavy (non-hydrogen) atoms. The van der Waals surface area contributed by atoms with Crippen LogP contribution >= 0.6 is 0 Å². The number of hydrogen-bond donors (Lipinski definition) is 4. The zero-order valence-electron chi connectivity index (χ0n) is 13.4. The minimum Gasteiger partial charge on any atom is -0.480 e. The maximum atomic E-state index is 12.4. The van der Waals surface area contributed by atoms with E-state index < -0.39 is 29.0 Å². The van der Waals surface area contributed by atoms with Gasteiger partial charge in [0.2, 0.25) is 0 Å². The Labute approximate surface area is 129 Å². The first-order valence-electron chi connectivity index (χ1n) is 7.26. The van der Waals surface area contributed by atoms with Crippen molar-refractivity contribution in [3.8, 4) is 0 Å². The van der Waals surface area contributed by atoms with Crippen molar-refractivity contribution in [2.24, 2.45) is 17.1 Å². The third-order valence-electron chi connectivity index (χ3n) is 3.86. The molecule has 5 N–H and O–H groups in total. The Morgan fingerprint density at radius 1 is 1.32 bits per heavy atom. The molecule has 1 aliphatic rings. The highest BCUT2D eigenvalue weighted by Gasteiger charge is 2.53. The van der Waals surface area contributed by atoms with Crippen LogP contribution in [0.3, 0.4) is 0 Å². The number of aliphatic carboxylic acids is 1. The lowest BCUT2D eigenvalue weighted by Crippen LogP contribution is -2.57. The van der Waals surface area contributed by atoms with Crippen molar-refractivity contribution >= 4 is 18.0 Å². The van der Waals surface area contributed by atoms with Gasteiger partial charge in [0.1, 0.15) is 5.60 Å². The first kappa shape index (κ1) is 18.2. The van der Waals surface area contributed by atoms with Gasteiger partial charge in [-0.05, 0) is 46.0 Å². The number of hydrazine groups is 1. The summed E-state index contributed by atoms with van der Waals surface area (Å²) in [5.74, 6) is -1.87. The molecule has 0 heterocycles. The van der Waals surface area contributed by atoms with Crippen molar-refractivity contribution in [2.75, 3.05) is 0 Å². The fourth-order valence-corrected chi connectivity index (χ4v) is 2.55. The fraction of sp³-hybridized carbons (Fsp3) is 0.786. The number of carbonyl (C=O) groups is 3. The predicted octanol–water partition coefficient (Wildman–Crippen LogP) is 0.761. The maximum Gasteiger partial charge on any atom is 0.326 e. The first-order chi connectivity index (χ1) is 9.98. The Bertz CT molecular complexity index is 460. The Morgan fingerprint density at radius 3 is 2.36 bits per heavy atom. The van der Waals surface area contributed by atoms with Crippen LogP contribution in [-0.4, -0.2) is 34.7 Å². The van der Waals surface area contributed by atoms with Crippen LogP contribution < -0.4 is 16.6 Å². The number of nitrogens with one attached hydrogen (secondary N) is 2. The molecule has 0 aromatic heterocycles. The third kappa shape index (κ3) is 4.33. The molecule has 0 aliphatic heterocycles. The number of rotatable bonds is 4.